The lowest BCUT2D eigenvalue weighted by atomic mass is 10.2. The van der Waals surface area contributed by atoms with E-state index in [2.05, 4.69) is 55.5 Å². The van der Waals surface area contributed by atoms with Gasteiger partial charge in [-0.3, -0.25) is 0 Å². The summed E-state index contributed by atoms with van der Waals surface area (Å²) < 4.78 is 12.6. The van der Waals surface area contributed by atoms with E-state index in [-0.39, 0.29) is 13.2 Å². The second-order valence-electron chi connectivity index (χ2n) is 7.59. The zero-order valence-electron chi connectivity index (χ0n) is 19.9. The summed E-state index contributed by atoms with van der Waals surface area (Å²) in [5.74, 6) is 0. The van der Waals surface area contributed by atoms with Gasteiger partial charge in [0, 0.05) is 13.2 Å². The van der Waals surface area contributed by atoms with E-state index >= 15 is 0 Å². The molecule has 0 unspecified atom stereocenters. The molecule has 0 amide bonds. The third-order valence-electron chi connectivity index (χ3n) is 4.96. The molecule has 0 aromatic heterocycles. The average molecular weight is 477 g/mol. The summed E-state index contributed by atoms with van der Waals surface area (Å²) in [6.07, 6.45) is 9.14. The van der Waals surface area contributed by atoms with Gasteiger partial charge in [0.15, 0.2) is 0 Å². The molecule has 4 nitrogen and oxygen atoms in total. The molecule has 4 rings (SSSR count). The standard InChI is InChI=1S/C17H18O2Si.C7H8.C5H10O2/c1-4-10-16(11-5-1)20(17-12-6-2-7-13-17)18-14-8-3-9-15-19-20;1-7-5-3-2-4-6-7;6-4-2-1-3-5-7/h1-8,10-13H,9,14-15H2;2-6H,1H3;1-2,6-7H,3-5H2/b8-3-;;2-1-. The van der Waals surface area contributed by atoms with Gasteiger partial charge < -0.3 is 19.1 Å². The summed E-state index contributed by atoms with van der Waals surface area (Å²) in [5.41, 5.74) is 1.32. The Labute approximate surface area is 205 Å². The predicted molar refractivity (Wildman–Crippen MR) is 143 cm³/mol. The van der Waals surface area contributed by atoms with Crippen molar-refractivity contribution in [3.8, 4) is 0 Å². The Bertz CT molecular complexity index is 904. The number of aliphatic hydroxyl groups is 2. The van der Waals surface area contributed by atoms with Crippen LogP contribution in [-0.2, 0) is 8.85 Å². The van der Waals surface area contributed by atoms with Gasteiger partial charge in [-0.1, -0.05) is 121 Å². The zero-order chi connectivity index (χ0) is 24.3. The highest BCUT2D eigenvalue weighted by Gasteiger charge is 2.42. The van der Waals surface area contributed by atoms with Crippen molar-refractivity contribution in [2.75, 3.05) is 26.4 Å². The summed E-state index contributed by atoms with van der Waals surface area (Å²) in [6.45, 7) is 3.62. The normalized spacial score (nSPS) is 15.6. The van der Waals surface area contributed by atoms with Crippen molar-refractivity contribution in [3.63, 3.8) is 0 Å². The monoisotopic (exact) mass is 476 g/mol. The van der Waals surface area contributed by atoms with Gasteiger partial charge in [0.25, 0.3) is 0 Å². The number of hydrogen-bond acceptors (Lipinski definition) is 4. The first-order valence-electron chi connectivity index (χ1n) is 11.6. The zero-order valence-corrected chi connectivity index (χ0v) is 20.9. The van der Waals surface area contributed by atoms with Gasteiger partial charge in [0.05, 0.1) is 13.2 Å². The number of benzene rings is 3. The number of aryl methyl sites for hydroxylation is 1. The van der Waals surface area contributed by atoms with Crippen LogP contribution < -0.4 is 10.4 Å². The fraction of sp³-hybridized carbons (Fsp3) is 0.241. The lowest BCUT2D eigenvalue weighted by Crippen LogP contribution is -2.63. The molecular weight excluding hydrogens is 440 g/mol. The van der Waals surface area contributed by atoms with Crippen LogP contribution in [0.4, 0.5) is 0 Å². The first kappa shape index (κ1) is 27.4. The second-order valence-corrected chi connectivity index (χ2v) is 10.6. The highest BCUT2D eigenvalue weighted by Crippen LogP contribution is 2.12. The summed E-state index contributed by atoms with van der Waals surface area (Å²) in [5, 5.41) is 18.6. The molecule has 5 heteroatoms. The first-order valence-corrected chi connectivity index (χ1v) is 13.5. The molecule has 180 valence electrons. The maximum Gasteiger partial charge on any atom is 0.407 e. The molecule has 2 N–H and O–H groups in total. The molecule has 0 saturated carbocycles. The third kappa shape index (κ3) is 9.59. The molecule has 0 spiro atoms. The van der Waals surface area contributed by atoms with Gasteiger partial charge in [-0.25, -0.2) is 0 Å². The minimum absolute atomic E-state index is 0.0694. The second kappa shape index (κ2) is 16.8. The minimum atomic E-state index is -2.57. The van der Waals surface area contributed by atoms with Crippen molar-refractivity contribution in [1.29, 1.82) is 0 Å². The molecule has 1 aliphatic heterocycles. The Balaban J connectivity index is 0.000000240. The van der Waals surface area contributed by atoms with E-state index in [0.717, 1.165) is 6.42 Å². The Morgan fingerprint density at radius 1 is 0.735 bits per heavy atom. The highest BCUT2D eigenvalue weighted by atomic mass is 28.4. The average Bonchev–Trinajstić information content (AvgIpc) is 2.87. The van der Waals surface area contributed by atoms with Crippen molar-refractivity contribution >= 4 is 18.9 Å². The third-order valence-corrected chi connectivity index (χ3v) is 8.33. The largest absolute Gasteiger partial charge is 0.407 e. The predicted octanol–water partition coefficient (Wildman–Crippen LogP) is 4.15. The van der Waals surface area contributed by atoms with Crippen LogP contribution in [0.2, 0.25) is 0 Å². The number of aliphatic hydroxyl groups excluding tert-OH is 2. The quantitative estimate of drug-likeness (QED) is 0.429. The Hall–Kier alpha value is -2.80. The van der Waals surface area contributed by atoms with E-state index in [4.69, 9.17) is 19.1 Å². The minimum Gasteiger partial charge on any atom is -0.396 e. The Morgan fingerprint density at radius 2 is 1.29 bits per heavy atom. The fourth-order valence-corrected chi connectivity index (χ4v) is 6.36. The lowest BCUT2D eigenvalue weighted by molar-refractivity contribution is 0.205. The molecule has 0 saturated heterocycles. The molecular formula is C29H36O4Si. The van der Waals surface area contributed by atoms with Crippen molar-refractivity contribution < 1.29 is 19.1 Å². The van der Waals surface area contributed by atoms with E-state index < -0.39 is 8.56 Å². The van der Waals surface area contributed by atoms with Crippen molar-refractivity contribution in [3.05, 3.63) is 121 Å². The summed E-state index contributed by atoms with van der Waals surface area (Å²) in [7, 11) is -2.57. The smallest absolute Gasteiger partial charge is 0.396 e. The van der Waals surface area contributed by atoms with E-state index in [1.54, 1.807) is 12.2 Å². The Morgan fingerprint density at radius 3 is 1.76 bits per heavy atom. The Kier molecular flexibility index (Phi) is 13.5. The van der Waals surface area contributed by atoms with Crippen LogP contribution in [0.3, 0.4) is 0 Å². The van der Waals surface area contributed by atoms with E-state index in [0.29, 0.717) is 19.6 Å². The molecule has 1 heterocycles. The van der Waals surface area contributed by atoms with E-state index in [1.165, 1.54) is 15.9 Å². The van der Waals surface area contributed by atoms with Crippen LogP contribution in [0.1, 0.15) is 18.4 Å². The molecule has 0 fully saturated rings. The highest BCUT2D eigenvalue weighted by molar-refractivity contribution is 6.92. The number of rotatable bonds is 5. The molecule has 0 atom stereocenters. The van der Waals surface area contributed by atoms with Crippen LogP contribution in [0.25, 0.3) is 0 Å². The van der Waals surface area contributed by atoms with Gasteiger partial charge in [-0.15, -0.1) is 0 Å². The van der Waals surface area contributed by atoms with Crippen LogP contribution >= 0.6 is 0 Å². The molecule has 34 heavy (non-hydrogen) atoms. The van der Waals surface area contributed by atoms with Gasteiger partial charge in [-0.2, -0.15) is 0 Å². The molecule has 0 bridgehead atoms. The molecule has 0 aliphatic carbocycles. The fourth-order valence-electron chi connectivity index (χ4n) is 3.28. The maximum absolute atomic E-state index is 8.16. The van der Waals surface area contributed by atoms with E-state index in [9.17, 15) is 0 Å². The first-order chi connectivity index (χ1) is 16.7. The lowest BCUT2D eigenvalue weighted by Gasteiger charge is -2.32. The number of hydrogen-bond donors (Lipinski definition) is 2. The van der Waals surface area contributed by atoms with Crippen molar-refractivity contribution in [2.24, 2.45) is 0 Å². The van der Waals surface area contributed by atoms with Gasteiger partial charge >= 0.3 is 8.56 Å². The molecule has 1 aliphatic rings. The van der Waals surface area contributed by atoms with E-state index in [1.807, 2.05) is 54.6 Å². The van der Waals surface area contributed by atoms with Crippen molar-refractivity contribution in [2.45, 2.75) is 19.8 Å². The SMILES string of the molecule is C1=C\CO[Si](c2ccccc2)(c2ccccc2)OCC/1.Cc1ccccc1.OC/C=C\CCO. The van der Waals surface area contributed by atoms with Crippen LogP contribution in [0, 0.1) is 6.92 Å². The van der Waals surface area contributed by atoms with Gasteiger partial charge in [0.2, 0.25) is 0 Å². The van der Waals surface area contributed by atoms with Crippen LogP contribution in [0.5, 0.6) is 0 Å². The summed E-state index contributed by atoms with van der Waals surface area (Å²) in [6, 6.07) is 31.0. The molecule has 0 radical (unpaired) electrons. The summed E-state index contributed by atoms with van der Waals surface area (Å²) in [4.78, 5) is 0. The topological polar surface area (TPSA) is 58.9 Å². The van der Waals surface area contributed by atoms with Crippen LogP contribution in [-0.4, -0.2) is 45.2 Å². The van der Waals surface area contributed by atoms with Gasteiger partial charge in [0.1, 0.15) is 0 Å². The molecule has 3 aromatic carbocycles. The van der Waals surface area contributed by atoms with Gasteiger partial charge in [-0.05, 0) is 30.1 Å². The van der Waals surface area contributed by atoms with Crippen LogP contribution in [0.15, 0.2) is 115 Å². The molecule has 3 aromatic rings. The summed E-state index contributed by atoms with van der Waals surface area (Å²) >= 11 is 0. The van der Waals surface area contributed by atoms with Crippen molar-refractivity contribution in [1.82, 2.24) is 0 Å². The maximum atomic E-state index is 8.16.